The molecule has 2 rings (SSSR count). The van der Waals surface area contributed by atoms with Crippen LogP contribution in [-0.4, -0.2) is 12.9 Å². The first-order valence-electron chi connectivity index (χ1n) is 4.89. The van der Waals surface area contributed by atoms with E-state index in [1.165, 1.54) is 6.07 Å². The minimum Gasteiger partial charge on any atom is -0.445 e. The molecule has 2 nitrogen and oxygen atoms in total. The molecule has 0 fully saturated rings. The Labute approximate surface area is 90.9 Å². The molecule has 0 radical (unpaired) electrons. The van der Waals surface area contributed by atoms with Crippen LogP contribution in [0, 0.1) is 0 Å². The molecule has 16 heavy (non-hydrogen) atoms. The maximum atomic E-state index is 12.6. The third-order valence-corrected chi connectivity index (χ3v) is 2.91. The summed E-state index contributed by atoms with van der Waals surface area (Å²) in [6, 6.07) is 3.38. The fourth-order valence-electron chi connectivity index (χ4n) is 1.79. The summed E-state index contributed by atoms with van der Waals surface area (Å²) in [7, 11) is 0. The third-order valence-electron chi connectivity index (χ3n) is 2.91. The van der Waals surface area contributed by atoms with Crippen LogP contribution in [0.3, 0.4) is 0 Å². The van der Waals surface area contributed by atoms with Gasteiger partial charge in [-0.15, -0.1) is 5.46 Å². The second kappa shape index (κ2) is 3.03. The van der Waals surface area contributed by atoms with Gasteiger partial charge in [-0.2, -0.15) is 0 Å². The van der Waals surface area contributed by atoms with Crippen LogP contribution in [0.5, 0.6) is 0 Å². The van der Waals surface area contributed by atoms with E-state index in [4.69, 9.17) is 0 Å². The van der Waals surface area contributed by atoms with Crippen LogP contribution >= 0.6 is 0 Å². The summed E-state index contributed by atoms with van der Waals surface area (Å²) < 4.78 is 37.7. The van der Waals surface area contributed by atoms with E-state index in [9.17, 15) is 17.7 Å². The number of benzene rings is 1. The molecule has 1 N–H and O–H groups in total. The largest absolute Gasteiger partial charge is 0.509 e. The summed E-state index contributed by atoms with van der Waals surface area (Å²) in [6.45, 7) is -1.79. The van der Waals surface area contributed by atoms with Crippen LogP contribution in [-0.2, 0) is 10.2 Å². The number of amides is 1. The van der Waals surface area contributed by atoms with Gasteiger partial charge in [-0.1, -0.05) is 12.1 Å². The Morgan fingerprint density at radius 3 is 2.44 bits per heavy atom. The Morgan fingerprint density at radius 2 is 1.88 bits per heavy atom. The van der Waals surface area contributed by atoms with E-state index in [1.54, 1.807) is 13.8 Å². The van der Waals surface area contributed by atoms with Crippen molar-refractivity contribution in [2.45, 2.75) is 19.3 Å². The van der Waals surface area contributed by atoms with Gasteiger partial charge in [0, 0.05) is 5.69 Å². The van der Waals surface area contributed by atoms with Crippen LogP contribution in [0.15, 0.2) is 18.2 Å². The molecule has 0 atom stereocenters. The topological polar surface area (TPSA) is 29.1 Å². The minimum atomic E-state index is -5.02. The molecule has 1 aliphatic rings. The molecule has 0 saturated heterocycles. The van der Waals surface area contributed by atoms with E-state index in [1.807, 2.05) is 0 Å². The van der Waals surface area contributed by atoms with Crippen molar-refractivity contribution in [1.29, 1.82) is 0 Å². The van der Waals surface area contributed by atoms with Gasteiger partial charge in [0.25, 0.3) is 0 Å². The fourth-order valence-corrected chi connectivity index (χ4v) is 1.79. The van der Waals surface area contributed by atoms with E-state index < -0.39 is 17.9 Å². The number of halogens is 3. The summed E-state index contributed by atoms with van der Waals surface area (Å²) in [6.07, 6.45) is 0. The van der Waals surface area contributed by atoms with Gasteiger partial charge in [-0.3, -0.25) is 4.79 Å². The summed E-state index contributed by atoms with van der Waals surface area (Å²) in [5, 5.41) is 2.57. The molecule has 0 spiro atoms. The van der Waals surface area contributed by atoms with Gasteiger partial charge in [-0.25, -0.2) is 0 Å². The lowest BCUT2D eigenvalue weighted by atomic mass is 9.76. The number of carbonyl (C=O) groups is 1. The quantitative estimate of drug-likeness (QED) is 0.731. The molecule has 0 saturated carbocycles. The van der Waals surface area contributed by atoms with Crippen molar-refractivity contribution in [3.8, 4) is 0 Å². The third kappa shape index (κ3) is 1.49. The van der Waals surface area contributed by atoms with Gasteiger partial charge in [-0.05, 0) is 25.5 Å². The highest BCUT2D eigenvalue weighted by Crippen LogP contribution is 2.36. The van der Waals surface area contributed by atoms with Crippen molar-refractivity contribution < 1.29 is 17.7 Å². The molecule has 6 heteroatoms. The first-order valence-corrected chi connectivity index (χ1v) is 4.89. The average molecular weight is 228 g/mol. The maximum Gasteiger partial charge on any atom is 0.509 e. The molecule has 1 heterocycles. The smallest absolute Gasteiger partial charge is 0.445 e. The van der Waals surface area contributed by atoms with E-state index >= 15 is 0 Å². The Morgan fingerprint density at radius 1 is 1.25 bits per heavy atom. The zero-order chi connectivity index (χ0) is 12.1. The maximum absolute atomic E-state index is 12.6. The predicted molar refractivity (Wildman–Crippen MR) is 56.8 cm³/mol. The standard InChI is InChI=1S/C10H10BF3NO/c1-10(2)7-5-6(11(12,13)14)3-4-8(7)15-9(10)16/h3-5H,1-2H3,(H,15,16)/q-1. The number of carbonyl (C=O) groups excluding carboxylic acids is 1. The van der Waals surface area contributed by atoms with Crippen LogP contribution in [0.4, 0.5) is 18.6 Å². The van der Waals surface area contributed by atoms with E-state index in [0.29, 0.717) is 11.3 Å². The van der Waals surface area contributed by atoms with Gasteiger partial charge in [0.15, 0.2) is 0 Å². The predicted octanol–water partition coefficient (Wildman–Crippen LogP) is 1.97. The van der Waals surface area contributed by atoms with Crippen molar-refractivity contribution >= 4 is 24.0 Å². The highest BCUT2D eigenvalue weighted by Gasteiger charge is 2.39. The second-order valence-electron chi connectivity index (χ2n) is 4.46. The van der Waals surface area contributed by atoms with Crippen molar-refractivity contribution in [1.82, 2.24) is 0 Å². The van der Waals surface area contributed by atoms with E-state index in [-0.39, 0.29) is 5.91 Å². The van der Waals surface area contributed by atoms with Gasteiger partial charge in [0.05, 0.1) is 5.41 Å². The fraction of sp³-hybridized carbons (Fsp3) is 0.300. The zero-order valence-electron chi connectivity index (χ0n) is 8.85. The minimum absolute atomic E-state index is 0.269. The van der Waals surface area contributed by atoms with E-state index in [0.717, 1.165) is 12.1 Å². The molecule has 1 aromatic carbocycles. The average Bonchev–Trinajstić information content (AvgIpc) is 2.37. The monoisotopic (exact) mass is 228 g/mol. The number of rotatable bonds is 1. The first-order chi connectivity index (χ1) is 7.23. The molecule has 0 unspecified atom stereocenters. The van der Waals surface area contributed by atoms with Crippen LogP contribution in [0.25, 0.3) is 0 Å². The second-order valence-corrected chi connectivity index (χ2v) is 4.46. The lowest BCUT2D eigenvalue weighted by Crippen LogP contribution is -2.35. The van der Waals surface area contributed by atoms with Gasteiger partial charge in [0.1, 0.15) is 0 Å². The molecule has 1 aliphatic heterocycles. The normalized spacial score (nSPS) is 18.2. The van der Waals surface area contributed by atoms with Crippen molar-refractivity contribution in [3.05, 3.63) is 23.8 Å². The Kier molecular flexibility index (Phi) is 2.09. The first kappa shape index (κ1) is 11.0. The van der Waals surface area contributed by atoms with Gasteiger partial charge < -0.3 is 18.3 Å². The number of nitrogens with one attached hydrogen (secondary N) is 1. The van der Waals surface area contributed by atoms with E-state index in [2.05, 4.69) is 5.32 Å². The van der Waals surface area contributed by atoms with Crippen molar-refractivity contribution in [2.24, 2.45) is 0 Å². The lowest BCUT2D eigenvalue weighted by molar-refractivity contribution is -0.119. The summed E-state index contributed by atoms with van der Waals surface area (Å²) in [5.41, 5.74) is -0.677. The molecule has 86 valence electrons. The number of fused-ring (bicyclic) bond motifs is 1. The van der Waals surface area contributed by atoms with Crippen LogP contribution in [0.2, 0.25) is 0 Å². The molecule has 1 amide bonds. The summed E-state index contributed by atoms with van der Waals surface area (Å²) in [5.74, 6) is -0.269. The number of hydrogen-bond acceptors (Lipinski definition) is 1. The molecule has 0 aliphatic carbocycles. The molecule has 0 aromatic heterocycles. The highest BCUT2D eigenvalue weighted by molar-refractivity contribution is 6.73. The zero-order valence-corrected chi connectivity index (χ0v) is 8.85. The molecular weight excluding hydrogens is 218 g/mol. The van der Waals surface area contributed by atoms with Crippen molar-refractivity contribution in [2.75, 3.05) is 5.32 Å². The Balaban J connectivity index is 2.57. The Bertz CT molecular complexity index is 468. The number of anilines is 1. The highest BCUT2D eigenvalue weighted by atomic mass is 19.4. The summed E-state index contributed by atoms with van der Waals surface area (Å²) in [4.78, 5) is 11.5. The van der Waals surface area contributed by atoms with Gasteiger partial charge in [0.2, 0.25) is 5.91 Å². The van der Waals surface area contributed by atoms with Crippen molar-refractivity contribution in [3.63, 3.8) is 0 Å². The summed E-state index contributed by atoms with van der Waals surface area (Å²) >= 11 is 0. The van der Waals surface area contributed by atoms with Crippen LogP contribution in [0.1, 0.15) is 19.4 Å². The lowest BCUT2D eigenvalue weighted by Gasteiger charge is -2.19. The van der Waals surface area contributed by atoms with Gasteiger partial charge >= 0.3 is 6.98 Å². The SMILES string of the molecule is CC1(C)C(=O)Nc2ccc([B-](F)(F)F)cc21. The molecule has 0 bridgehead atoms. The number of hydrogen-bond donors (Lipinski definition) is 1. The Hall–Kier alpha value is -1.46. The van der Waals surface area contributed by atoms with Crippen LogP contribution < -0.4 is 10.8 Å². The molecule has 1 aromatic rings. The molecular formula is C10H10BF3NO-.